The highest BCUT2D eigenvalue weighted by atomic mass is 32.1. The van der Waals surface area contributed by atoms with E-state index in [1.807, 2.05) is 11.3 Å². The first-order valence-electron chi connectivity index (χ1n) is 18.2. The molecule has 3 heteroatoms. The van der Waals surface area contributed by atoms with Crippen LogP contribution in [0.4, 0.5) is 0 Å². The van der Waals surface area contributed by atoms with Crippen molar-refractivity contribution < 1.29 is 0 Å². The van der Waals surface area contributed by atoms with Crippen LogP contribution in [0.2, 0.25) is 0 Å². The molecule has 51 heavy (non-hydrogen) atoms. The van der Waals surface area contributed by atoms with Crippen LogP contribution in [0.5, 0.6) is 0 Å². The van der Waals surface area contributed by atoms with Gasteiger partial charge in [0.25, 0.3) is 0 Å². The molecule has 0 unspecified atom stereocenters. The Labute approximate surface area is 301 Å². The van der Waals surface area contributed by atoms with Gasteiger partial charge < -0.3 is 9.13 Å². The molecule has 1 aliphatic carbocycles. The number of hydrogen-bond donors (Lipinski definition) is 0. The fraction of sp³-hybridized carbons (Fsp3) is 0.167. The molecule has 0 amide bonds. The van der Waals surface area contributed by atoms with E-state index >= 15 is 0 Å². The van der Waals surface area contributed by atoms with Gasteiger partial charge in [0, 0.05) is 53.1 Å². The fourth-order valence-corrected chi connectivity index (χ4v) is 10.6. The number of aromatic nitrogens is 2. The number of nitrogens with zero attached hydrogens (tertiary/aromatic N) is 2. The van der Waals surface area contributed by atoms with Crippen molar-refractivity contribution in [1.29, 1.82) is 0 Å². The molecule has 0 atom stereocenters. The smallest absolute Gasteiger partial charge is 0.0795 e. The Hall–Kier alpha value is -5.38. The first-order valence-corrected chi connectivity index (χ1v) is 19.1. The summed E-state index contributed by atoms with van der Waals surface area (Å²) >= 11 is 1.89. The fourth-order valence-electron chi connectivity index (χ4n) is 9.47. The standard InChI is InChI=1S/C48H38N2S/c1-47(2)24-25-48(3,4)38-28-40-36(27-37(38)47)44-34-18-9-8-17-33(34)43-35-19-10-12-20-39(35)50(45(43)46(44)49(40)29-14-6-5-7-15-29)30-22-23-32-31-16-11-13-21-41(31)51-42(32)26-30/h5-23,26-28H,24-25H2,1-4H3. The molecule has 0 saturated carbocycles. The van der Waals surface area contributed by atoms with E-state index in [-0.39, 0.29) is 10.8 Å². The monoisotopic (exact) mass is 674 g/mol. The van der Waals surface area contributed by atoms with Crippen molar-refractivity contribution in [2.75, 3.05) is 0 Å². The Bertz CT molecular complexity index is 3080. The summed E-state index contributed by atoms with van der Waals surface area (Å²) in [7, 11) is 0. The highest BCUT2D eigenvalue weighted by Crippen LogP contribution is 2.51. The Morgan fingerprint density at radius 2 is 0.980 bits per heavy atom. The molecule has 0 aliphatic heterocycles. The van der Waals surface area contributed by atoms with Crippen molar-refractivity contribution in [3.05, 3.63) is 145 Å². The van der Waals surface area contributed by atoms with Gasteiger partial charge in [0.2, 0.25) is 0 Å². The van der Waals surface area contributed by atoms with Crippen LogP contribution in [0.15, 0.2) is 133 Å². The molecule has 3 aromatic heterocycles. The SMILES string of the molecule is CC1(C)CCC(C)(C)c2cc3c(cc21)c1c2ccccc2c2c4ccccc4n(-c4ccc5c(c4)sc4ccccc45)c2c1n3-c1ccccc1. The quantitative estimate of drug-likeness (QED) is 0.173. The first kappa shape index (κ1) is 29.4. The third-order valence-electron chi connectivity index (χ3n) is 12.1. The maximum absolute atomic E-state index is 2.59. The maximum Gasteiger partial charge on any atom is 0.0795 e. The van der Waals surface area contributed by atoms with Gasteiger partial charge in [0.05, 0.1) is 22.1 Å². The van der Waals surface area contributed by atoms with E-state index in [0.29, 0.717) is 0 Å². The molecule has 7 aromatic carbocycles. The molecule has 10 aromatic rings. The summed E-state index contributed by atoms with van der Waals surface area (Å²) in [6.45, 7) is 9.78. The van der Waals surface area contributed by atoms with E-state index in [9.17, 15) is 0 Å². The number of para-hydroxylation sites is 2. The zero-order valence-corrected chi connectivity index (χ0v) is 30.2. The Morgan fingerprint density at radius 3 is 1.71 bits per heavy atom. The van der Waals surface area contributed by atoms with Gasteiger partial charge in [0.15, 0.2) is 0 Å². The third-order valence-corrected chi connectivity index (χ3v) is 13.3. The van der Waals surface area contributed by atoms with Gasteiger partial charge in [-0.25, -0.2) is 0 Å². The van der Waals surface area contributed by atoms with Crippen molar-refractivity contribution >= 4 is 85.9 Å². The average Bonchev–Trinajstić information content (AvgIpc) is 3.81. The average molecular weight is 675 g/mol. The van der Waals surface area contributed by atoms with Gasteiger partial charge in [-0.1, -0.05) is 113 Å². The Morgan fingerprint density at radius 1 is 0.431 bits per heavy atom. The minimum absolute atomic E-state index is 0.100. The summed E-state index contributed by atoms with van der Waals surface area (Å²) in [6.07, 6.45) is 2.38. The molecule has 0 N–H and O–H groups in total. The minimum atomic E-state index is 0.100. The van der Waals surface area contributed by atoms with Crippen LogP contribution in [0, 0.1) is 0 Å². The van der Waals surface area contributed by atoms with Crippen molar-refractivity contribution in [2.24, 2.45) is 0 Å². The van der Waals surface area contributed by atoms with Crippen molar-refractivity contribution in [2.45, 2.75) is 51.4 Å². The zero-order chi connectivity index (χ0) is 34.2. The van der Waals surface area contributed by atoms with Crippen LogP contribution in [0.25, 0.3) is 85.9 Å². The summed E-state index contributed by atoms with van der Waals surface area (Å²) in [5, 5.41) is 10.6. The summed E-state index contributed by atoms with van der Waals surface area (Å²) in [5.41, 5.74) is 10.6. The number of benzene rings is 7. The molecule has 3 heterocycles. The van der Waals surface area contributed by atoms with Crippen molar-refractivity contribution in [3.8, 4) is 11.4 Å². The second kappa shape index (κ2) is 10.1. The minimum Gasteiger partial charge on any atom is -0.307 e. The summed E-state index contributed by atoms with van der Waals surface area (Å²) in [5.74, 6) is 0. The lowest BCUT2D eigenvalue weighted by molar-refractivity contribution is 0.332. The predicted octanol–water partition coefficient (Wildman–Crippen LogP) is 13.8. The highest BCUT2D eigenvalue weighted by Gasteiger charge is 2.38. The lowest BCUT2D eigenvalue weighted by Crippen LogP contribution is -2.33. The highest BCUT2D eigenvalue weighted by molar-refractivity contribution is 7.25. The first-order chi connectivity index (χ1) is 24.8. The lowest BCUT2D eigenvalue weighted by atomic mass is 9.63. The van der Waals surface area contributed by atoms with E-state index in [4.69, 9.17) is 0 Å². The van der Waals surface area contributed by atoms with Gasteiger partial charge in [-0.2, -0.15) is 0 Å². The Balaban J connectivity index is 1.41. The van der Waals surface area contributed by atoms with Crippen LogP contribution in [0.3, 0.4) is 0 Å². The zero-order valence-electron chi connectivity index (χ0n) is 29.4. The predicted molar refractivity (Wildman–Crippen MR) is 221 cm³/mol. The van der Waals surface area contributed by atoms with Gasteiger partial charge in [0.1, 0.15) is 0 Å². The maximum atomic E-state index is 2.59. The molecule has 0 fully saturated rings. The number of rotatable bonds is 2. The van der Waals surface area contributed by atoms with E-state index in [2.05, 4.69) is 170 Å². The van der Waals surface area contributed by atoms with Crippen LogP contribution in [-0.4, -0.2) is 9.13 Å². The molecular weight excluding hydrogens is 637 g/mol. The van der Waals surface area contributed by atoms with Gasteiger partial charge in [-0.15, -0.1) is 11.3 Å². The summed E-state index contributed by atoms with van der Waals surface area (Å²) < 4.78 is 7.80. The van der Waals surface area contributed by atoms with E-state index < -0.39 is 0 Å². The second-order valence-corrected chi connectivity index (χ2v) is 17.1. The molecule has 0 bridgehead atoms. The number of hydrogen-bond acceptors (Lipinski definition) is 1. The van der Waals surface area contributed by atoms with Crippen LogP contribution in [-0.2, 0) is 10.8 Å². The van der Waals surface area contributed by atoms with Crippen molar-refractivity contribution in [1.82, 2.24) is 9.13 Å². The molecule has 2 nitrogen and oxygen atoms in total. The van der Waals surface area contributed by atoms with Crippen molar-refractivity contribution in [3.63, 3.8) is 0 Å². The summed E-state index contributed by atoms with van der Waals surface area (Å²) in [4.78, 5) is 0. The molecule has 0 saturated heterocycles. The number of fused-ring (bicyclic) bond motifs is 14. The van der Waals surface area contributed by atoms with Crippen LogP contribution < -0.4 is 0 Å². The lowest BCUT2D eigenvalue weighted by Gasteiger charge is -2.42. The van der Waals surface area contributed by atoms with Gasteiger partial charge >= 0.3 is 0 Å². The van der Waals surface area contributed by atoms with Gasteiger partial charge in [-0.3, -0.25) is 0 Å². The van der Waals surface area contributed by atoms with E-state index in [1.165, 1.54) is 110 Å². The topological polar surface area (TPSA) is 9.86 Å². The molecule has 11 rings (SSSR count). The second-order valence-electron chi connectivity index (χ2n) is 16.0. The van der Waals surface area contributed by atoms with E-state index in [0.717, 1.165) is 0 Å². The number of thiophene rings is 1. The third kappa shape index (κ3) is 3.93. The molecule has 0 radical (unpaired) electrons. The molecular formula is C48H38N2S. The van der Waals surface area contributed by atoms with Crippen LogP contribution >= 0.6 is 11.3 Å². The largest absolute Gasteiger partial charge is 0.307 e. The summed E-state index contributed by atoms with van der Waals surface area (Å²) in [6, 6.07) is 50.3. The molecule has 0 spiro atoms. The normalized spacial score (nSPS) is 15.6. The molecule has 1 aliphatic rings. The Kier molecular flexibility index (Phi) is 5.82. The van der Waals surface area contributed by atoms with Crippen LogP contribution in [0.1, 0.15) is 51.7 Å². The van der Waals surface area contributed by atoms with E-state index in [1.54, 1.807) is 0 Å². The molecule has 246 valence electrons. The van der Waals surface area contributed by atoms with Gasteiger partial charge in [-0.05, 0) is 94.1 Å².